The number of nitrogens with one attached hydrogen (secondary N) is 1. The van der Waals surface area contributed by atoms with E-state index in [1.165, 1.54) is 19.1 Å². The van der Waals surface area contributed by atoms with Crippen molar-refractivity contribution in [3.05, 3.63) is 76.1 Å². The van der Waals surface area contributed by atoms with E-state index in [0.29, 0.717) is 16.7 Å². The second-order valence-electron chi connectivity index (χ2n) is 10.1. The van der Waals surface area contributed by atoms with Crippen molar-refractivity contribution in [3.8, 4) is 0 Å². The third-order valence-electron chi connectivity index (χ3n) is 6.79. The lowest BCUT2D eigenvalue weighted by Gasteiger charge is -2.25. The van der Waals surface area contributed by atoms with Crippen molar-refractivity contribution >= 4 is 44.6 Å². The summed E-state index contributed by atoms with van der Waals surface area (Å²) in [5.41, 5.74) is 5.01. The quantitative estimate of drug-likeness (QED) is 0.116. The second kappa shape index (κ2) is 17.4. The number of rotatable bonds is 19. The molecule has 0 saturated heterocycles. The van der Waals surface area contributed by atoms with E-state index in [9.17, 15) is 23.1 Å². The molecule has 1 aliphatic carbocycles. The van der Waals surface area contributed by atoms with E-state index in [4.69, 9.17) is 27.1 Å². The van der Waals surface area contributed by atoms with Crippen LogP contribution in [0.25, 0.3) is 17.2 Å². The molecule has 0 saturated carbocycles. The van der Waals surface area contributed by atoms with Crippen molar-refractivity contribution in [1.29, 1.82) is 0 Å². The van der Waals surface area contributed by atoms with Gasteiger partial charge in [-0.2, -0.15) is 0 Å². The van der Waals surface area contributed by atoms with E-state index in [1.54, 1.807) is 45.9 Å². The van der Waals surface area contributed by atoms with Crippen LogP contribution in [0, 0.1) is 5.82 Å². The van der Waals surface area contributed by atoms with Crippen molar-refractivity contribution < 1.29 is 50.3 Å². The highest BCUT2D eigenvalue weighted by Gasteiger charge is 2.34. The summed E-state index contributed by atoms with van der Waals surface area (Å²) in [6, 6.07) is 11.6. The Balaban J connectivity index is 1.84. The molecule has 0 fully saturated rings. The van der Waals surface area contributed by atoms with Gasteiger partial charge in [-0.1, -0.05) is 30.3 Å². The topological polar surface area (TPSA) is 136 Å². The van der Waals surface area contributed by atoms with Crippen molar-refractivity contribution in [2.45, 2.75) is 54.1 Å². The van der Waals surface area contributed by atoms with Gasteiger partial charge in [-0.05, 0) is 93.2 Å². The third-order valence-corrected chi connectivity index (χ3v) is 10.1. The molecule has 3 rings (SSSR count). The molecule has 0 radical (unpaired) electrons. The molecule has 2 aromatic rings. The lowest BCUT2D eigenvalue weighted by atomic mass is 10.00. The molecule has 2 aromatic carbocycles. The van der Waals surface area contributed by atoms with E-state index in [2.05, 4.69) is 5.32 Å². The van der Waals surface area contributed by atoms with Gasteiger partial charge in [-0.15, -0.1) is 0 Å². The summed E-state index contributed by atoms with van der Waals surface area (Å²) in [5.74, 6) is -0.927. The van der Waals surface area contributed by atoms with Crippen LogP contribution in [0.4, 0.5) is 4.39 Å². The smallest absolute Gasteiger partial charge is 0.353 e. The van der Waals surface area contributed by atoms with Crippen molar-refractivity contribution in [3.63, 3.8) is 0 Å². The van der Waals surface area contributed by atoms with E-state index >= 15 is 0 Å². The fourth-order valence-electron chi connectivity index (χ4n) is 4.74. The van der Waals surface area contributed by atoms with Crippen LogP contribution in [0.2, 0.25) is 0 Å². The standard InChI is InChI=1S/C32H42FNO10P2/c1-7-39-45(37,40-8-2)43-21-27(44-46(38,41-9-3)42-10-4)20-34-32(36)19-30-22(5)29(28-16-15-26(33)18-31(28)30)17-24-11-13-25(14-12-24)23(6)35/h11-18,27H,7-10,19-21H2,1-6H3,(H,34,36)/b29-17-. The van der Waals surface area contributed by atoms with Gasteiger partial charge in [-0.25, -0.2) is 13.5 Å². The minimum atomic E-state index is -4.07. The van der Waals surface area contributed by atoms with E-state index in [0.717, 1.165) is 22.3 Å². The number of hydrogen-bond donors (Lipinski definition) is 1. The highest BCUT2D eigenvalue weighted by molar-refractivity contribution is 7.48. The number of fused-ring (bicyclic) bond motifs is 1. The van der Waals surface area contributed by atoms with Gasteiger partial charge >= 0.3 is 15.6 Å². The number of benzene rings is 2. The number of phosphoric ester groups is 2. The number of amides is 1. The largest absolute Gasteiger partial charge is 0.475 e. The number of allylic oxidation sites excluding steroid dienone is 2. The first kappa shape index (κ1) is 37.7. The Morgan fingerprint density at radius 2 is 1.43 bits per heavy atom. The zero-order chi connectivity index (χ0) is 33.9. The van der Waals surface area contributed by atoms with Crippen LogP contribution < -0.4 is 5.32 Å². The predicted molar refractivity (Wildman–Crippen MR) is 173 cm³/mol. The van der Waals surface area contributed by atoms with Gasteiger partial charge in [0.2, 0.25) is 5.91 Å². The SMILES string of the molecule is CCOP(=O)(OCC)OCC(CNC(=O)CC1=C(C)/C(=C/c2ccc(C(C)=O)cc2)c2ccc(F)cc21)OP(=O)(OCC)OCC. The molecule has 252 valence electrons. The molecule has 0 bridgehead atoms. The highest BCUT2D eigenvalue weighted by atomic mass is 31.2. The fourth-order valence-corrected chi connectivity index (χ4v) is 7.27. The van der Waals surface area contributed by atoms with Crippen molar-refractivity contribution in [2.24, 2.45) is 0 Å². The molecule has 1 aliphatic rings. The molecule has 0 aromatic heterocycles. The van der Waals surface area contributed by atoms with Crippen LogP contribution in [0.15, 0.2) is 48.0 Å². The molecular formula is C32H42FNO10P2. The first-order chi connectivity index (χ1) is 21.9. The first-order valence-corrected chi connectivity index (χ1v) is 18.0. The van der Waals surface area contributed by atoms with Crippen molar-refractivity contribution in [2.75, 3.05) is 39.6 Å². The number of carbonyl (C=O) groups is 2. The molecule has 1 N–H and O–H groups in total. The lowest BCUT2D eigenvalue weighted by Crippen LogP contribution is -2.36. The number of halogens is 1. The summed E-state index contributed by atoms with van der Waals surface area (Å²) >= 11 is 0. The number of Topliss-reactive ketones (excluding diaryl/α,β-unsaturated/α-hetero) is 1. The van der Waals surface area contributed by atoms with Gasteiger partial charge in [0, 0.05) is 12.1 Å². The Morgan fingerprint density at radius 3 is 2.00 bits per heavy atom. The summed E-state index contributed by atoms with van der Waals surface area (Å²) in [5, 5.41) is 2.74. The molecule has 11 nitrogen and oxygen atoms in total. The van der Waals surface area contributed by atoms with Gasteiger partial charge in [0.1, 0.15) is 11.9 Å². The number of hydrogen-bond acceptors (Lipinski definition) is 10. The summed E-state index contributed by atoms with van der Waals surface area (Å²) in [7, 11) is -8.03. The molecule has 0 heterocycles. The third kappa shape index (κ3) is 10.4. The molecule has 46 heavy (non-hydrogen) atoms. The minimum Gasteiger partial charge on any atom is -0.353 e. The van der Waals surface area contributed by atoms with Gasteiger partial charge in [-0.3, -0.25) is 36.7 Å². The van der Waals surface area contributed by atoms with Crippen LogP contribution in [0.5, 0.6) is 0 Å². The molecule has 1 atom stereocenters. The van der Waals surface area contributed by atoms with E-state index in [1.807, 2.05) is 25.1 Å². The molecule has 0 aliphatic heterocycles. The summed E-state index contributed by atoms with van der Waals surface area (Å²) < 4.78 is 72.3. The molecule has 0 spiro atoms. The Labute approximate surface area is 269 Å². The average Bonchev–Trinajstić information content (AvgIpc) is 3.24. The Bertz CT molecular complexity index is 1520. The van der Waals surface area contributed by atoms with Gasteiger partial charge < -0.3 is 5.32 Å². The maximum Gasteiger partial charge on any atom is 0.475 e. The highest BCUT2D eigenvalue weighted by Crippen LogP contribution is 2.52. The van der Waals surface area contributed by atoms with Gasteiger partial charge in [0.25, 0.3) is 0 Å². The van der Waals surface area contributed by atoms with Crippen LogP contribution in [0.3, 0.4) is 0 Å². The number of phosphoric acid groups is 2. The second-order valence-corrected chi connectivity index (χ2v) is 13.4. The minimum absolute atomic E-state index is 0.0215. The first-order valence-electron chi connectivity index (χ1n) is 15.1. The monoisotopic (exact) mass is 681 g/mol. The zero-order valence-electron chi connectivity index (χ0n) is 27.0. The van der Waals surface area contributed by atoms with Crippen LogP contribution >= 0.6 is 15.6 Å². The number of carbonyl (C=O) groups excluding carboxylic acids is 2. The zero-order valence-corrected chi connectivity index (χ0v) is 28.8. The Morgan fingerprint density at radius 1 is 0.848 bits per heavy atom. The molecule has 1 amide bonds. The predicted octanol–water partition coefficient (Wildman–Crippen LogP) is 7.63. The fraction of sp³-hybridized carbons (Fsp3) is 0.438. The lowest BCUT2D eigenvalue weighted by molar-refractivity contribution is -0.120. The molecule has 14 heteroatoms. The van der Waals surface area contributed by atoms with E-state index < -0.39 is 40.1 Å². The van der Waals surface area contributed by atoms with Crippen molar-refractivity contribution in [1.82, 2.24) is 5.32 Å². The van der Waals surface area contributed by atoms with Crippen LogP contribution in [-0.4, -0.2) is 57.4 Å². The van der Waals surface area contributed by atoms with Crippen LogP contribution in [0.1, 0.15) is 75.0 Å². The Kier molecular flexibility index (Phi) is 14.2. The molecule has 1 unspecified atom stereocenters. The normalized spacial score (nSPS) is 14.9. The maximum absolute atomic E-state index is 14.4. The average molecular weight is 682 g/mol. The van der Waals surface area contributed by atoms with Gasteiger partial charge in [0.15, 0.2) is 5.78 Å². The summed E-state index contributed by atoms with van der Waals surface area (Å²) in [6.07, 6.45) is 0.677. The van der Waals surface area contributed by atoms with Gasteiger partial charge in [0.05, 0.1) is 39.5 Å². The maximum atomic E-state index is 14.4. The molecular weight excluding hydrogens is 639 g/mol. The summed E-state index contributed by atoms with van der Waals surface area (Å²) in [6.45, 7) is 9.30. The van der Waals surface area contributed by atoms with Crippen LogP contribution in [-0.2, 0) is 41.1 Å². The van der Waals surface area contributed by atoms with E-state index in [-0.39, 0.29) is 45.2 Å². The summed E-state index contributed by atoms with van der Waals surface area (Å²) in [4.78, 5) is 25.0. The number of ketones is 1. The Hall–Kier alpha value is -2.79.